The minimum absolute atomic E-state index is 0.337. The van der Waals surface area contributed by atoms with Gasteiger partial charge in [-0.1, -0.05) is 0 Å². The van der Waals surface area contributed by atoms with E-state index in [1.165, 1.54) is 6.26 Å². The van der Waals surface area contributed by atoms with Gasteiger partial charge in [0.05, 0.1) is 6.26 Å². The van der Waals surface area contributed by atoms with Gasteiger partial charge in [-0.2, -0.15) is 0 Å². The average molecular weight is 191 g/mol. The van der Waals surface area contributed by atoms with E-state index in [4.69, 9.17) is 14.6 Å². The zero-order valence-corrected chi connectivity index (χ0v) is 7.29. The zero-order valence-electron chi connectivity index (χ0n) is 7.29. The summed E-state index contributed by atoms with van der Waals surface area (Å²) in [5.41, 5.74) is 1.14. The lowest BCUT2D eigenvalue weighted by Gasteiger charge is -1.95. The number of aromatic nitrogens is 1. The molecule has 4 nitrogen and oxygen atoms in total. The van der Waals surface area contributed by atoms with Crippen LogP contribution in [-0.2, 0) is 0 Å². The number of aliphatic hydroxyl groups is 2. The Kier molecular flexibility index (Phi) is 2.30. The summed E-state index contributed by atoms with van der Waals surface area (Å²) in [4.78, 5) is 3.93. The van der Waals surface area contributed by atoms with Crippen LogP contribution in [0, 0.1) is 0 Å². The van der Waals surface area contributed by atoms with E-state index in [0.29, 0.717) is 11.3 Å². The van der Waals surface area contributed by atoms with E-state index in [9.17, 15) is 0 Å². The zero-order chi connectivity index (χ0) is 9.97. The van der Waals surface area contributed by atoms with Gasteiger partial charge in [-0.25, -0.2) is 0 Å². The molecule has 0 saturated heterocycles. The first-order chi connectivity index (χ1) is 6.77. The molecule has 14 heavy (non-hydrogen) atoms. The van der Waals surface area contributed by atoms with Gasteiger partial charge in [0.2, 0.25) is 0 Å². The van der Waals surface area contributed by atoms with Gasteiger partial charge in [0, 0.05) is 23.5 Å². The predicted molar refractivity (Wildman–Crippen MR) is 49.1 cm³/mol. The van der Waals surface area contributed by atoms with Crippen molar-refractivity contribution in [1.29, 1.82) is 0 Å². The summed E-state index contributed by atoms with van der Waals surface area (Å²) in [7, 11) is 0. The molecular formula is C10H9NO3. The normalized spacial score (nSPS) is 10.8. The summed E-state index contributed by atoms with van der Waals surface area (Å²) < 4.78 is 5.15. The molecule has 2 rings (SSSR count). The third-order valence-corrected chi connectivity index (χ3v) is 1.86. The number of aliphatic hydroxyl groups excluding tert-OH is 1. The van der Waals surface area contributed by atoms with Crippen LogP contribution in [0.1, 0.15) is 11.9 Å². The molecule has 0 atom stereocenters. The minimum Gasteiger partial charge on any atom is -0.464 e. The monoisotopic (exact) mass is 191 g/mol. The molecule has 0 aliphatic heterocycles. The first kappa shape index (κ1) is 8.93. The van der Waals surface area contributed by atoms with E-state index < -0.39 is 6.29 Å². The van der Waals surface area contributed by atoms with Gasteiger partial charge in [-0.05, 0) is 18.2 Å². The molecule has 0 spiro atoms. The Labute approximate surface area is 80.5 Å². The van der Waals surface area contributed by atoms with Crippen molar-refractivity contribution in [2.75, 3.05) is 0 Å². The van der Waals surface area contributed by atoms with Gasteiger partial charge >= 0.3 is 0 Å². The van der Waals surface area contributed by atoms with E-state index in [0.717, 1.165) is 5.56 Å². The van der Waals surface area contributed by atoms with Crippen LogP contribution in [-0.4, -0.2) is 15.2 Å². The molecule has 2 N–H and O–H groups in total. The lowest BCUT2D eigenvalue weighted by Crippen LogP contribution is -1.90. The van der Waals surface area contributed by atoms with E-state index in [1.807, 2.05) is 6.07 Å². The van der Waals surface area contributed by atoms with Gasteiger partial charge in [-0.15, -0.1) is 0 Å². The van der Waals surface area contributed by atoms with Crippen LogP contribution in [0.3, 0.4) is 0 Å². The second-order valence-corrected chi connectivity index (χ2v) is 2.86. The Morgan fingerprint density at radius 3 is 2.79 bits per heavy atom. The molecule has 0 fully saturated rings. The minimum atomic E-state index is -1.50. The van der Waals surface area contributed by atoms with Crippen molar-refractivity contribution >= 4 is 0 Å². The van der Waals surface area contributed by atoms with Crippen molar-refractivity contribution in [2.24, 2.45) is 0 Å². The summed E-state index contributed by atoms with van der Waals surface area (Å²) in [6.07, 6.45) is 3.12. The lowest BCUT2D eigenvalue weighted by molar-refractivity contribution is -0.0428. The maximum atomic E-state index is 8.86. The summed E-state index contributed by atoms with van der Waals surface area (Å²) in [5, 5.41) is 17.7. The third kappa shape index (κ3) is 1.66. The molecule has 0 amide bonds. The standard InChI is InChI=1S/C10H9NO3/c12-10(13)8-4-9(14-6-8)7-2-1-3-11-5-7/h1-6,10,12-13H. The summed E-state index contributed by atoms with van der Waals surface area (Å²) in [6.45, 7) is 0. The van der Waals surface area contributed by atoms with Crippen LogP contribution < -0.4 is 0 Å². The predicted octanol–water partition coefficient (Wildman–Crippen LogP) is 1.32. The fraction of sp³-hybridized carbons (Fsp3) is 0.100. The topological polar surface area (TPSA) is 66.5 Å². The third-order valence-electron chi connectivity index (χ3n) is 1.86. The molecule has 2 heterocycles. The van der Waals surface area contributed by atoms with Crippen LogP contribution in [0.2, 0.25) is 0 Å². The Balaban J connectivity index is 2.34. The fourth-order valence-corrected chi connectivity index (χ4v) is 1.15. The van der Waals surface area contributed by atoms with Crippen molar-refractivity contribution in [1.82, 2.24) is 4.98 Å². The number of furan rings is 1. The van der Waals surface area contributed by atoms with Gasteiger partial charge in [0.15, 0.2) is 6.29 Å². The number of hydrogen-bond donors (Lipinski definition) is 2. The van der Waals surface area contributed by atoms with Crippen LogP contribution in [0.4, 0.5) is 0 Å². The average Bonchev–Trinajstić information content (AvgIpc) is 2.68. The quantitative estimate of drug-likeness (QED) is 0.702. The molecule has 2 aromatic rings. The number of hydrogen-bond acceptors (Lipinski definition) is 4. The highest BCUT2D eigenvalue weighted by molar-refractivity contribution is 5.56. The maximum Gasteiger partial charge on any atom is 0.181 e. The number of rotatable bonds is 2. The van der Waals surface area contributed by atoms with Crippen molar-refractivity contribution in [3.05, 3.63) is 42.4 Å². The Morgan fingerprint density at radius 1 is 1.36 bits per heavy atom. The Bertz CT molecular complexity index is 408. The SMILES string of the molecule is OC(O)c1coc(-c2cccnc2)c1. The summed E-state index contributed by atoms with van der Waals surface area (Å²) >= 11 is 0. The highest BCUT2D eigenvalue weighted by atomic mass is 16.5. The molecule has 2 aromatic heterocycles. The highest BCUT2D eigenvalue weighted by Crippen LogP contribution is 2.23. The number of nitrogens with zero attached hydrogens (tertiary/aromatic N) is 1. The molecule has 0 radical (unpaired) electrons. The molecule has 4 heteroatoms. The molecule has 72 valence electrons. The largest absolute Gasteiger partial charge is 0.464 e. The van der Waals surface area contributed by atoms with Crippen LogP contribution >= 0.6 is 0 Å². The summed E-state index contributed by atoms with van der Waals surface area (Å²) in [6, 6.07) is 5.19. The van der Waals surface area contributed by atoms with Gasteiger partial charge < -0.3 is 14.6 Å². The maximum absolute atomic E-state index is 8.86. The summed E-state index contributed by atoms with van der Waals surface area (Å²) in [5.74, 6) is 0.571. The molecule has 0 saturated carbocycles. The second-order valence-electron chi connectivity index (χ2n) is 2.86. The Morgan fingerprint density at radius 2 is 2.21 bits per heavy atom. The highest BCUT2D eigenvalue weighted by Gasteiger charge is 2.08. The van der Waals surface area contributed by atoms with E-state index in [1.54, 1.807) is 24.5 Å². The van der Waals surface area contributed by atoms with Gasteiger partial charge in [-0.3, -0.25) is 4.98 Å². The second kappa shape index (κ2) is 3.61. The molecule has 0 aliphatic rings. The van der Waals surface area contributed by atoms with Gasteiger partial charge in [0.1, 0.15) is 5.76 Å². The van der Waals surface area contributed by atoms with Crippen LogP contribution in [0.5, 0.6) is 0 Å². The van der Waals surface area contributed by atoms with E-state index in [-0.39, 0.29) is 0 Å². The smallest absolute Gasteiger partial charge is 0.181 e. The first-order valence-corrected chi connectivity index (χ1v) is 4.12. The fourth-order valence-electron chi connectivity index (χ4n) is 1.15. The number of pyridine rings is 1. The van der Waals surface area contributed by atoms with Crippen LogP contribution in [0.15, 0.2) is 41.3 Å². The Hall–Kier alpha value is -1.65. The van der Waals surface area contributed by atoms with Crippen molar-refractivity contribution in [3.63, 3.8) is 0 Å². The molecule has 0 bridgehead atoms. The van der Waals surface area contributed by atoms with Gasteiger partial charge in [0.25, 0.3) is 0 Å². The molecular weight excluding hydrogens is 182 g/mol. The molecule has 0 unspecified atom stereocenters. The molecule has 0 aliphatic carbocycles. The lowest BCUT2D eigenvalue weighted by atomic mass is 10.2. The van der Waals surface area contributed by atoms with E-state index in [2.05, 4.69) is 4.98 Å². The van der Waals surface area contributed by atoms with Crippen LogP contribution in [0.25, 0.3) is 11.3 Å². The van der Waals surface area contributed by atoms with Crippen molar-refractivity contribution in [2.45, 2.75) is 6.29 Å². The van der Waals surface area contributed by atoms with Crippen molar-refractivity contribution in [3.8, 4) is 11.3 Å². The molecule has 0 aromatic carbocycles. The first-order valence-electron chi connectivity index (χ1n) is 4.12. The van der Waals surface area contributed by atoms with E-state index >= 15 is 0 Å². The van der Waals surface area contributed by atoms with Crippen molar-refractivity contribution < 1.29 is 14.6 Å².